The molecule has 0 amide bonds. The lowest BCUT2D eigenvalue weighted by atomic mass is 9.86. The van der Waals surface area contributed by atoms with Gasteiger partial charge in [-0.25, -0.2) is 0 Å². The standard InChI is InChI=1S/C14H18N2O/c1-2-14(12-15,13-6-4-3-5-7-13)16-8-10-17-11-9-16/h3-7H,2,8-11H2,1H3. The zero-order valence-corrected chi connectivity index (χ0v) is 10.2. The van der Waals surface area contributed by atoms with Crippen LogP contribution in [0.3, 0.4) is 0 Å². The SMILES string of the molecule is CCC(C#N)(c1ccccc1)N1CCOCC1. The number of morpholine rings is 1. The van der Waals surface area contributed by atoms with E-state index < -0.39 is 5.54 Å². The van der Waals surface area contributed by atoms with Gasteiger partial charge in [-0.2, -0.15) is 5.26 Å². The van der Waals surface area contributed by atoms with Crippen LogP contribution in [0.1, 0.15) is 18.9 Å². The van der Waals surface area contributed by atoms with E-state index in [9.17, 15) is 5.26 Å². The van der Waals surface area contributed by atoms with E-state index in [-0.39, 0.29) is 0 Å². The molecule has 1 aromatic rings. The smallest absolute Gasteiger partial charge is 0.134 e. The summed E-state index contributed by atoms with van der Waals surface area (Å²) in [6, 6.07) is 12.6. The van der Waals surface area contributed by atoms with Crippen molar-refractivity contribution in [2.24, 2.45) is 0 Å². The molecule has 1 aliphatic heterocycles. The van der Waals surface area contributed by atoms with Crippen LogP contribution in [0.15, 0.2) is 30.3 Å². The Bertz CT molecular complexity index is 392. The number of nitrogens with zero attached hydrogens (tertiary/aromatic N) is 2. The molecule has 1 saturated heterocycles. The van der Waals surface area contributed by atoms with Crippen molar-refractivity contribution < 1.29 is 4.74 Å². The van der Waals surface area contributed by atoms with Crippen LogP contribution in [-0.2, 0) is 10.3 Å². The van der Waals surface area contributed by atoms with Gasteiger partial charge in [0, 0.05) is 13.1 Å². The van der Waals surface area contributed by atoms with Gasteiger partial charge in [0.2, 0.25) is 0 Å². The third-order valence-electron chi connectivity index (χ3n) is 3.50. The first-order valence-corrected chi connectivity index (χ1v) is 6.13. The van der Waals surface area contributed by atoms with E-state index in [1.165, 1.54) is 0 Å². The van der Waals surface area contributed by atoms with Crippen molar-refractivity contribution in [3.05, 3.63) is 35.9 Å². The molecule has 2 rings (SSSR count). The first-order chi connectivity index (χ1) is 8.33. The molecule has 0 bridgehead atoms. The second kappa shape index (κ2) is 5.31. The lowest BCUT2D eigenvalue weighted by molar-refractivity contribution is -0.00639. The van der Waals surface area contributed by atoms with Crippen LogP contribution in [-0.4, -0.2) is 31.2 Å². The van der Waals surface area contributed by atoms with Crippen LogP contribution in [0.5, 0.6) is 0 Å². The Labute approximate surface area is 103 Å². The van der Waals surface area contributed by atoms with Gasteiger partial charge in [-0.1, -0.05) is 37.3 Å². The molecule has 1 aliphatic rings. The largest absolute Gasteiger partial charge is 0.379 e. The van der Waals surface area contributed by atoms with E-state index in [1.807, 2.05) is 30.3 Å². The van der Waals surface area contributed by atoms with Crippen LogP contribution in [0, 0.1) is 11.3 Å². The van der Waals surface area contributed by atoms with E-state index in [0.717, 1.165) is 38.3 Å². The summed E-state index contributed by atoms with van der Waals surface area (Å²) in [6.07, 6.45) is 0.799. The van der Waals surface area contributed by atoms with Crippen LogP contribution >= 0.6 is 0 Å². The first kappa shape index (κ1) is 12.1. The number of rotatable bonds is 3. The van der Waals surface area contributed by atoms with E-state index >= 15 is 0 Å². The summed E-state index contributed by atoms with van der Waals surface area (Å²) in [6.45, 7) is 5.17. The minimum absolute atomic E-state index is 0.495. The van der Waals surface area contributed by atoms with E-state index in [4.69, 9.17) is 4.74 Å². The molecule has 1 heterocycles. The van der Waals surface area contributed by atoms with Crippen LogP contribution in [0.25, 0.3) is 0 Å². The Morgan fingerprint density at radius 2 is 1.94 bits per heavy atom. The van der Waals surface area contributed by atoms with Crippen molar-refractivity contribution in [1.82, 2.24) is 4.90 Å². The summed E-state index contributed by atoms with van der Waals surface area (Å²) in [5.74, 6) is 0. The molecule has 0 aliphatic carbocycles. The van der Waals surface area contributed by atoms with Gasteiger partial charge in [0.1, 0.15) is 5.54 Å². The molecular formula is C14H18N2O. The topological polar surface area (TPSA) is 36.3 Å². The third-order valence-corrected chi connectivity index (χ3v) is 3.50. The van der Waals surface area contributed by atoms with Gasteiger partial charge < -0.3 is 4.74 Å². The number of nitriles is 1. The highest BCUT2D eigenvalue weighted by molar-refractivity contribution is 5.31. The summed E-state index contributed by atoms with van der Waals surface area (Å²) in [5, 5.41) is 9.65. The predicted molar refractivity (Wildman–Crippen MR) is 66.4 cm³/mol. The summed E-state index contributed by atoms with van der Waals surface area (Å²) in [4.78, 5) is 2.24. The normalized spacial score (nSPS) is 20.5. The molecule has 0 radical (unpaired) electrons. The van der Waals surface area contributed by atoms with Crippen LogP contribution in [0.2, 0.25) is 0 Å². The fraction of sp³-hybridized carbons (Fsp3) is 0.500. The van der Waals surface area contributed by atoms with Crippen LogP contribution < -0.4 is 0 Å². The molecule has 3 nitrogen and oxygen atoms in total. The molecule has 0 N–H and O–H groups in total. The zero-order valence-electron chi connectivity index (χ0n) is 10.2. The second-order valence-electron chi connectivity index (χ2n) is 4.29. The van der Waals surface area contributed by atoms with Gasteiger partial charge >= 0.3 is 0 Å². The Balaban J connectivity index is 2.35. The van der Waals surface area contributed by atoms with Gasteiger partial charge in [-0.15, -0.1) is 0 Å². The number of hydrogen-bond donors (Lipinski definition) is 0. The molecule has 0 aromatic heterocycles. The van der Waals surface area contributed by atoms with E-state index in [1.54, 1.807) is 0 Å². The average Bonchev–Trinajstić information content (AvgIpc) is 2.43. The molecule has 1 aromatic carbocycles. The number of hydrogen-bond acceptors (Lipinski definition) is 3. The minimum atomic E-state index is -0.495. The lowest BCUT2D eigenvalue weighted by Crippen LogP contribution is -2.50. The van der Waals surface area contributed by atoms with Gasteiger partial charge in [-0.05, 0) is 12.0 Å². The van der Waals surface area contributed by atoms with Crippen LogP contribution in [0.4, 0.5) is 0 Å². The Hall–Kier alpha value is -1.37. The maximum Gasteiger partial charge on any atom is 0.134 e. The predicted octanol–water partition coefficient (Wildman–Crippen LogP) is 2.15. The summed E-state index contributed by atoms with van der Waals surface area (Å²) in [5.41, 5.74) is 0.595. The zero-order chi connectivity index (χ0) is 12.1. The fourth-order valence-electron chi connectivity index (χ4n) is 2.48. The third kappa shape index (κ3) is 2.19. The number of ether oxygens (including phenoxy) is 1. The Morgan fingerprint density at radius 3 is 2.47 bits per heavy atom. The van der Waals surface area contributed by atoms with Crippen molar-refractivity contribution >= 4 is 0 Å². The van der Waals surface area contributed by atoms with Gasteiger partial charge in [-0.3, -0.25) is 4.90 Å². The van der Waals surface area contributed by atoms with Crippen molar-refractivity contribution in [3.63, 3.8) is 0 Å². The van der Waals surface area contributed by atoms with Crippen molar-refractivity contribution in [2.75, 3.05) is 26.3 Å². The molecule has 90 valence electrons. The molecule has 0 spiro atoms. The van der Waals surface area contributed by atoms with Crippen molar-refractivity contribution in [1.29, 1.82) is 5.26 Å². The molecule has 1 fully saturated rings. The monoisotopic (exact) mass is 230 g/mol. The number of benzene rings is 1. The fourth-order valence-corrected chi connectivity index (χ4v) is 2.48. The molecule has 0 saturated carbocycles. The summed E-state index contributed by atoms with van der Waals surface area (Å²) < 4.78 is 5.37. The Morgan fingerprint density at radius 1 is 1.29 bits per heavy atom. The van der Waals surface area contributed by atoms with Crippen molar-refractivity contribution in [2.45, 2.75) is 18.9 Å². The maximum absolute atomic E-state index is 9.65. The highest BCUT2D eigenvalue weighted by atomic mass is 16.5. The quantitative estimate of drug-likeness (QED) is 0.798. The van der Waals surface area contributed by atoms with Crippen molar-refractivity contribution in [3.8, 4) is 6.07 Å². The molecular weight excluding hydrogens is 212 g/mol. The summed E-state index contributed by atoms with van der Waals surface area (Å²) >= 11 is 0. The maximum atomic E-state index is 9.65. The summed E-state index contributed by atoms with van der Waals surface area (Å²) in [7, 11) is 0. The van der Waals surface area contributed by atoms with Gasteiger partial charge in [0.25, 0.3) is 0 Å². The highest BCUT2D eigenvalue weighted by Gasteiger charge is 2.37. The molecule has 3 heteroatoms. The van der Waals surface area contributed by atoms with E-state index in [0.29, 0.717) is 0 Å². The lowest BCUT2D eigenvalue weighted by Gasteiger charge is -2.40. The average molecular weight is 230 g/mol. The molecule has 1 atom stereocenters. The second-order valence-corrected chi connectivity index (χ2v) is 4.29. The minimum Gasteiger partial charge on any atom is -0.379 e. The first-order valence-electron chi connectivity index (χ1n) is 6.13. The van der Waals surface area contributed by atoms with Gasteiger partial charge in [0.15, 0.2) is 0 Å². The molecule has 1 unspecified atom stereocenters. The van der Waals surface area contributed by atoms with E-state index in [2.05, 4.69) is 17.9 Å². The van der Waals surface area contributed by atoms with Gasteiger partial charge in [0.05, 0.1) is 19.3 Å². The Kier molecular flexibility index (Phi) is 3.78. The molecule has 17 heavy (non-hydrogen) atoms. The highest BCUT2D eigenvalue weighted by Crippen LogP contribution is 2.32.